The molecule has 1 heterocycles. The molecule has 0 aliphatic carbocycles. The summed E-state index contributed by atoms with van der Waals surface area (Å²) in [5.74, 6) is 0.455. The number of allylic oxidation sites excluding steroid dienone is 1. The van der Waals surface area contributed by atoms with E-state index in [2.05, 4.69) is 39.8 Å². The van der Waals surface area contributed by atoms with Gasteiger partial charge in [0, 0.05) is 25.5 Å². The molecule has 0 aromatic rings. The molecule has 27 heavy (non-hydrogen) atoms. The van der Waals surface area contributed by atoms with Crippen molar-refractivity contribution in [3.05, 3.63) is 12.2 Å². The third kappa shape index (κ3) is 9.39. The van der Waals surface area contributed by atoms with Gasteiger partial charge in [-0.25, -0.2) is 0 Å². The summed E-state index contributed by atoms with van der Waals surface area (Å²) in [5.41, 5.74) is -0.00171. The highest BCUT2D eigenvalue weighted by molar-refractivity contribution is 8.76. The van der Waals surface area contributed by atoms with Gasteiger partial charge in [-0.2, -0.15) is 0 Å². The first-order chi connectivity index (χ1) is 12.5. The summed E-state index contributed by atoms with van der Waals surface area (Å²) >= 11 is 0. The number of ether oxygens (including phenoxy) is 3. The minimum atomic E-state index is -0.317. The summed E-state index contributed by atoms with van der Waals surface area (Å²) in [6, 6.07) is 0. The van der Waals surface area contributed by atoms with Crippen molar-refractivity contribution in [2.24, 2.45) is 17.3 Å². The van der Waals surface area contributed by atoms with Gasteiger partial charge in [0.05, 0.1) is 6.10 Å². The summed E-state index contributed by atoms with van der Waals surface area (Å²) in [4.78, 5) is 22.7. The van der Waals surface area contributed by atoms with E-state index in [-0.39, 0.29) is 53.4 Å². The largest absolute Gasteiger partial charge is 0.463 e. The predicted molar refractivity (Wildman–Crippen MR) is 112 cm³/mol. The van der Waals surface area contributed by atoms with E-state index in [9.17, 15) is 9.59 Å². The summed E-state index contributed by atoms with van der Waals surface area (Å²) in [6.07, 6.45) is 4.88. The van der Waals surface area contributed by atoms with Crippen molar-refractivity contribution in [1.82, 2.24) is 0 Å². The highest BCUT2D eigenvalue weighted by Crippen LogP contribution is 2.41. The van der Waals surface area contributed by atoms with Gasteiger partial charge in [-0.15, -0.1) is 0 Å². The zero-order valence-electron chi connectivity index (χ0n) is 17.5. The molecule has 0 N–H and O–H groups in total. The van der Waals surface area contributed by atoms with E-state index in [0.717, 1.165) is 12.2 Å². The number of hydrogen-bond donors (Lipinski definition) is 0. The number of rotatable bonds is 8. The Labute approximate surface area is 171 Å². The monoisotopic (exact) mass is 418 g/mol. The molecule has 1 rings (SSSR count). The van der Waals surface area contributed by atoms with Crippen LogP contribution in [0.25, 0.3) is 0 Å². The zero-order valence-corrected chi connectivity index (χ0v) is 19.2. The summed E-state index contributed by atoms with van der Waals surface area (Å²) in [5, 5.41) is 0. The van der Waals surface area contributed by atoms with Crippen LogP contribution in [0.4, 0.5) is 0 Å². The van der Waals surface area contributed by atoms with Gasteiger partial charge in [0.1, 0.15) is 12.7 Å². The molecule has 0 spiro atoms. The van der Waals surface area contributed by atoms with Gasteiger partial charge in [-0.3, -0.25) is 9.59 Å². The maximum absolute atomic E-state index is 11.5. The van der Waals surface area contributed by atoms with E-state index in [4.69, 9.17) is 14.2 Å². The van der Waals surface area contributed by atoms with Crippen LogP contribution in [0.15, 0.2) is 12.2 Å². The first kappa shape index (κ1) is 24.4. The molecule has 0 saturated carbocycles. The predicted octanol–water partition coefficient (Wildman–Crippen LogP) is 4.85. The van der Waals surface area contributed by atoms with Crippen LogP contribution in [-0.4, -0.2) is 41.9 Å². The lowest BCUT2D eigenvalue weighted by Gasteiger charge is -2.43. The quantitative estimate of drug-likeness (QED) is 0.242. The molecular weight excluding hydrogens is 384 g/mol. The second-order valence-corrected chi connectivity index (χ2v) is 10.8. The summed E-state index contributed by atoms with van der Waals surface area (Å²) in [6.45, 7) is 13.8. The fraction of sp³-hybridized carbons (Fsp3) is 0.800. The Balaban J connectivity index is 2.65. The number of carbonyl (C=O) groups excluding carboxylic acids is 2. The Kier molecular flexibility index (Phi) is 10.3. The topological polar surface area (TPSA) is 61.8 Å². The van der Waals surface area contributed by atoms with Crippen LogP contribution in [0.2, 0.25) is 0 Å². The standard InChI is InChI=1S/C20H34O5S2/c1-13-14(2)18(24-16(4)22)19(25-17(13)12-23-15(3)21)27-26-11-9-8-10-20(5,6)7/h8-9,13-14,17-19H,10-12H2,1-7H3/b9-8-/t13-,14-,17?,18?,19-/m0/s1. The van der Waals surface area contributed by atoms with E-state index >= 15 is 0 Å². The SMILES string of the molecule is CC(=O)OCC1O[C@@H](SSC/C=C\CC(C)(C)C)C(OC(C)=O)[C@@H](C)[C@@H]1C. The molecule has 156 valence electrons. The van der Waals surface area contributed by atoms with Crippen molar-refractivity contribution >= 4 is 33.5 Å². The zero-order chi connectivity index (χ0) is 20.6. The van der Waals surface area contributed by atoms with Gasteiger partial charge < -0.3 is 14.2 Å². The Morgan fingerprint density at radius 2 is 1.74 bits per heavy atom. The Bertz CT molecular complexity index is 513. The number of carbonyl (C=O) groups is 2. The van der Waals surface area contributed by atoms with Crippen molar-refractivity contribution in [3.8, 4) is 0 Å². The van der Waals surface area contributed by atoms with Gasteiger partial charge in [-0.05, 0) is 17.8 Å². The van der Waals surface area contributed by atoms with Crippen LogP contribution in [0, 0.1) is 17.3 Å². The van der Waals surface area contributed by atoms with Crippen molar-refractivity contribution in [1.29, 1.82) is 0 Å². The molecule has 0 radical (unpaired) electrons. The summed E-state index contributed by atoms with van der Waals surface area (Å²) in [7, 11) is 3.25. The molecule has 5 nitrogen and oxygen atoms in total. The first-order valence-corrected chi connectivity index (χ1v) is 11.8. The molecule has 1 saturated heterocycles. The molecular formula is C20H34O5S2. The molecule has 1 aliphatic heterocycles. The van der Waals surface area contributed by atoms with E-state index in [1.165, 1.54) is 13.8 Å². The lowest BCUT2D eigenvalue weighted by Crippen LogP contribution is -2.51. The molecule has 7 heteroatoms. The summed E-state index contributed by atoms with van der Waals surface area (Å²) < 4.78 is 16.9. The highest BCUT2D eigenvalue weighted by atomic mass is 33.1. The first-order valence-electron chi connectivity index (χ1n) is 9.40. The lowest BCUT2D eigenvalue weighted by atomic mass is 9.84. The fourth-order valence-corrected chi connectivity index (χ4v) is 5.10. The maximum atomic E-state index is 11.5. The second-order valence-electron chi connectivity index (χ2n) is 8.25. The van der Waals surface area contributed by atoms with E-state index < -0.39 is 0 Å². The van der Waals surface area contributed by atoms with Crippen LogP contribution < -0.4 is 0 Å². The van der Waals surface area contributed by atoms with Crippen molar-refractivity contribution in [2.45, 2.75) is 72.5 Å². The average molecular weight is 419 g/mol. The minimum absolute atomic E-state index is 0.109. The molecule has 2 unspecified atom stereocenters. The Hall–Kier alpha value is -0.660. The second kappa shape index (κ2) is 11.4. The minimum Gasteiger partial charge on any atom is -0.463 e. The van der Waals surface area contributed by atoms with Crippen LogP contribution in [0.1, 0.15) is 54.9 Å². The maximum Gasteiger partial charge on any atom is 0.303 e. The Morgan fingerprint density at radius 3 is 2.30 bits per heavy atom. The van der Waals surface area contributed by atoms with Crippen LogP contribution in [0.3, 0.4) is 0 Å². The normalized spacial score (nSPS) is 28.9. The van der Waals surface area contributed by atoms with Crippen LogP contribution in [0.5, 0.6) is 0 Å². The lowest BCUT2D eigenvalue weighted by molar-refractivity contribution is -0.184. The van der Waals surface area contributed by atoms with Crippen molar-refractivity contribution < 1.29 is 23.8 Å². The number of hydrogen-bond acceptors (Lipinski definition) is 7. The molecule has 0 amide bonds. The average Bonchev–Trinajstić information content (AvgIpc) is 2.54. The van der Waals surface area contributed by atoms with Crippen molar-refractivity contribution in [3.63, 3.8) is 0 Å². The smallest absolute Gasteiger partial charge is 0.303 e. The molecule has 0 aromatic carbocycles. The third-order valence-corrected chi connectivity index (χ3v) is 6.91. The van der Waals surface area contributed by atoms with Gasteiger partial charge in [0.2, 0.25) is 0 Å². The molecule has 1 aliphatic rings. The number of esters is 2. The molecule has 0 bridgehead atoms. The molecule has 5 atom stereocenters. The Morgan fingerprint density at radius 1 is 1.07 bits per heavy atom. The van der Waals surface area contributed by atoms with Gasteiger partial charge in [-0.1, -0.05) is 68.4 Å². The van der Waals surface area contributed by atoms with Gasteiger partial charge >= 0.3 is 11.9 Å². The van der Waals surface area contributed by atoms with Gasteiger partial charge in [0.15, 0.2) is 5.44 Å². The molecule has 1 fully saturated rings. The fourth-order valence-electron chi connectivity index (χ4n) is 2.73. The van der Waals surface area contributed by atoms with Crippen molar-refractivity contribution in [2.75, 3.05) is 12.4 Å². The van der Waals surface area contributed by atoms with Gasteiger partial charge in [0.25, 0.3) is 0 Å². The highest BCUT2D eigenvalue weighted by Gasteiger charge is 2.44. The van der Waals surface area contributed by atoms with E-state index in [0.29, 0.717) is 0 Å². The van der Waals surface area contributed by atoms with E-state index in [1.807, 2.05) is 6.92 Å². The van der Waals surface area contributed by atoms with Crippen LogP contribution >= 0.6 is 21.6 Å². The molecule has 0 aromatic heterocycles. The third-order valence-electron chi connectivity index (χ3n) is 4.49. The van der Waals surface area contributed by atoms with E-state index in [1.54, 1.807) is 21.6 Å². The van der Waals surface area contributed by atoms with Crippen LogP contribution in [-0.2, 0) is 23.8 Å².